The topological polar surface area (TPSA) is 110 Å². The molecule has 3 heterocycles. The van der Waals surface area contributed by atoms with Gasteiger partial charge in [0, 0.05) is 62.6 Å². The van der Waals surface area contributed by atoms with Crippen molar-refractivity contribution in [2.24, 2.45) is 5.10 Å². The van der Waals surface area contributed by atoms with Gasteiger partial charge in [0.2, 0.25) is 17.9 Å². The summed E-state index contributed by atoms with van der Waals surface area (Å²) in [5.74, 6) is 0.405. The van der Waals surface area contributed by atoms with Crippen molar-refractivity contribution in [2.75, 3.05) is 36.5 Å². The Hall–Kier alpha value is -4.05. The van der Waals surface area contributed by atoms with Gasteiger partial charge in [0.1, 0.15) is 0 Å². The van der Waals surface area contributed by atoms with Gasteiger partial charge in [-0.25, -0.2) is 9.97 Å². The molecule has 0 spiro atoms. The van der Waals surface area contributed by atoms with Gasteiger partial charge in [-0.3, -0.25) is 19.5 Å². The molecule has 1 aromatic carbocycles. The van der Waals surface area contributed by atoms with E-state index in [0.717, 1.165) is 36.6 Å². The van der Waals surface area contributed by atoms with Gasteiger partial charge in [-0.15, -0.1) is 0 Å². The van der Waals surface area contributed by atoms with E-state index in [1.54, 1.807) is 17.3 Å². The number of nitrogens with zero attached hydrogens (tertiary/aromatic N) is 6. The lowest BCUT2D eigenvalue weighted by atomic mass is 10.2. The highest BCUT2D eigenvalue weighted by atomic mass is 16.1. The summed E-state index contributed by atoms with van der Waals surface area (Å²) in [6, 6.07) is 15.1. The number of para-hydroxylation sites is 1. The van der Waals surface area contributed by atoms with E-state index < -0.39 is 0 Å². The number of hydrazone groups is 1. The summed E-state index contributed by atoms with van der Waals surface area (Å²) in [7, 11) is 0. The number of nitrogens with one attached hydrogen (secondary N) is 2. The maximum Gasteiger partial charge on any atom is 0.250 e. The number of hydrogen-bond donors (Lipinski definition) is 2. The van der Waals surface area contributed by atoms with Crippen LogP contribution in [0.2, 0.25) is 0 Å². The van der Waals surface area contributed by atoms with Crippen LogP contribution in [0.4, 0.5) is 17.3 Å². The lowest BCUT2D eigenvalue weighted by molar-refractivity contribution is -0.119. The van der Waals surface area contributed by atoms with Gasteiger partial charge >= 0.3 is 0 Å². The predicted molar refractivity (Wildman–Crippen MR) is 132 cm³/mol. The summed E-state index contributed by atoms with van der Waals surface area (Å²) in [4.78, 5) is 38.9. The number of piperazine rings is 1. The number of aromatic nitrogens is 3. The maximum atomic E-state index is 12.3. The minimum Gasteiger partial charge on any atom is -0.343 e. The zero-order valence-electron chi connectivity index (χ0n) is 19.1. The Morgan fingerprint density at radius 2 is 1.94 bits per heavy atom. The maximum absolute atomic E-state index is 12.3. The molecule has 1 fully saturated rings. The smallest absolute Gasteiger partial charge is 0.250 e. The van der Waals surface area contributed by atoms with Gasteiger partial charge in [-0.1, -0.05) is 18.2 Å². The lowest BCUT2D eigenvalue weighted by Crippen LogP contribution is -2.45. The van der Waals surface area contributed by atoms with E-state index in [4.69, 9.17) is 0 Å². The molecule has 1 amide bonds. The number of aromatic amines is 1. The SMILES string of the molecule is C/C=N\N(Cc1ccnc(Nc2cc(CN3CCN(C=O)CC3)[nH]c(=O)c2)n1)c1ccccc1. The Bertz CT molecular complexity index is 1170. The van der Waals surface area contributed by atoms with Gasteiger partial charge < -0.3 is 15.2 Å². The fourth-order valence-electron chi connectivity index (χ4n) is 3.79. The van der Waals surface area contributed by atoms with Crippen molar-refractivity contribution in [1.82, 2.24) is 24.8 Å². The summed E-state index contributed by atoms with van der Waals surface area (Å²) >= 11 is 0. The van der Waals surface area contributed by atoms with Crippen molar-refractivity contribution < 1.29 is 4.79 Å². The van der Waals surface area contributed by atoms with Crippen molar-refractivity contribution in [1.29, 1.82) is 0 Å². The lowest BCUT2D eigenvalue weighted by Gasteiger charge is -2.32. The second kappa shape index (κ2) is 11.2. The zero-order valence-corrected chi connectivity index (χ0v) is 19.1. The molecule has 1 aliphatic rings. The molecule has 2 aromatic heterocycles. The van der Waals surface area contributed by atoms with E-state index >= 15 is 0 Å². The second-order valence-corrected chi connectivity index (χ2v) is 7.94. The first-order valence-electron chi connectivity index (χ1n) is 11.2. The van der Waals surface area contributed by atoms with Gasteiger partial charge in [0.05, 0.1) is 17.9 Å². The van der Waals surface area contributed by atoms with Gasteiger partial charge in [0.25, 0.3) is 0 Å². The summed E-state index contributed by atoms with van der Waals surface area (Å²) in [5.41, 5.74) is 2.95. The summed E-state index contributed by atoms with van der Waals surface area (Å²) in [6.07, 6.45) is 4.31. The average molecular weight is 461 g/mol. The van der Waals surface area contributed by atoms with Crippen molar-refractivity contribution in [2.45, 2.75) is 20.0 Å². The third-order valence-corrected chi connectivity index (χ3v) is 5.44. The van der Waals surface area contributed by atoms with E-state index in [1.807, 2.05) is 54.4 Å². The zero-order chi connectivity index (χ0) is 23.8. The van der Waals surface area contributed by atoms with E-state index in [9.17, 15) is 9.59 Å². The predicted octanol–water partition coefficient (Wildman–Crippen LogP) is 2.19. The van der Waals surface area contributed by atoms with Crippen molar-refractivity contribution in [3.63, 3.8) is 0 Å². The minimum absolute atomic E-state index is 0.199. The average Bonchev–Trinajstić information content (AvgIpc) is 2.85. The van der Waals surface area contributed by atoms with Crippen LogP contribution < -0.4 is 15.9 Å². The second-order valence-electron chi connectivity index (χ2n) is 7.94. The number of amides is 1. The van der Waals surface area contributed by atoms with Crippen molar-refractivity contribution >= 4 is 29.9 Å². The number of hydrogen-bond acceptors (Lipinski definition) is 8. The fraction of sp³-hybridized carbons (Fsp3) is 0.292. The Balaban J connectivity index is 1.45. The van der Waals surface area contributed by atoms with E-state index in [1.165, 1.54) is 6.07 Å². The molecule has 0 saturated carbocycles. The third kappa shape index (κ3) is 6.26. The molecule has 1 saturated heterocycles. The summed E-state index contributed by atoms with van der Waals surface area (Å²) in [5, 5.41) is 9.46. The van der Waals surface area contributed by atoms with Crippen LogP contribution >= 0.6 is 0 Å². The fourth-order valence-corrected chi connectivity index (χ4v) is 3.79. The molecule has 0 atom stereocenters. The number of rotatable bonds is 9. The largest absolute Gasteiger partial charge is 0.343 e. The van der Waals surface area contributed by atoms with Crippen LogP contribution in [0.3, 0.4) is 0 Å². The first-order chi connectivity index (χ1) is 16.6. The first-order valence-corrected chi connectivity index (χ1v) is 11.2. The number of benzene rings is 1. The van der Waals surface area contributed by atoms with Crippen LogP contribution in [0, 0.1) is 0 Å². The van der Waals surface area contributed by atoms with Crippen molar-refractivity contribution in [3.05, 3.63) is 76.5 Å². The molecular weight excluding hydrogens is 432 g/mol. The molecular formula is C24H28N8O2. The molecule has 0 bridgehead atoms. The standard InChI is InChI=1S/C24H28N8O2/c1-2-26-32(22-6-4-3-5-7-22)17-19-8-9-25-24(28-19)29-20-14-21(27-23(34)15-20)16-30-10-12-31(18-33)13-11-30/h2-9,14-15,18H,10-13,16-17H2,1H3,(H2,25,27,28,29,34)/b26-2-. The minimum atomic E-state index is -0.199. The van der Waals surface area contributed by atoms with Gasteiger partial charge in [-0.2, -0.15) is 5.10 Å². The molecule has 3 aromatic rings. The summed E-state index contributed by atoms with van der Waals surface area (Å²) in [6.45, 7) is 5.85. The highest BCUT2D eigenvalue weighted by Gasteiger charge is 2.16. The van der Waals surface area contributed by atoms with Gasteiger partial charge in [0.15, 0.2) is 0 Å². The number of carbonyl (C=O) groups excluding carboxylic acids is 1. The van der Waals surface area contributed by atoms with E-state index in [2.05, 4.69) is 30.3 Å². The third-order valence-electron chi connectivity index (χ3n) is 5.44. The van der Waals surface area contributed by atoms with Crippen LogP contribution in [0.15, 0.2) is 64.6 Å². The number of anilines is 3. The normalized spacial score (nSPS) is 14.3. The molecule has 0 unspecified atom stereocenters. The van der Waals surface area contributed by atoms with Crippen LogP contribution in [0.5, 0.6) is 0 Å². The van der Waals surface area contributed by atoms with Crippen LogP contribution in [-0.4, -0.2) is 63.6 Å². The van der Waals surface area contributed by atoms with Crippen LogP contribution in [0.1, 0.15) is 18.3 Å². The molecule has 0 radical (unpaired) electrons. The summed E-state index contributed by atoms with van der Waals surface area (Å²) < 4.78 is 0. The Morgan fingerprint density at radius 3 is 2.68 bits per heavy atom. The van der Waals surface area contributed by atoms with Crippen molar-refractivity contribution in [3.8, 4) is 0 Å². The van der Waals surface area contributed by atoms with E-state index in [-0.39, 0.29) is 5.56 Å². The Labute approximate surface area is 198 Å². The quantitative estimate of drug-likeness (QED) is 0.286. The van der Waals surface area contributed by atoms with Gasteiger partial charge in [-0.05, 0) is 31.2 Å². The molecule has 10 heteroatoms. The molecule has 10 nitrogen and oxygen atoms in total. The van der Waals surface area contributed by atoms with Crippen LogP contribution in [-0.2, 0) is 17.9 Å². The monoisotopic (exact) mass is 460 g/mol. The molecule has 2 N–H and O–H groups in total. The first kappa shape index (κ1) is 23.1. The van der Waals surface area contributed by atoms with Crippen LogP contribution in [0.25, 0.3) is 0 Å². The molecule has 34 heavy (non-hydrogen) atoms. The molecule has 1 aliphatic heterocycles. The molecule has 0 aliphatic carbocycles. The molecule has 4 rings (SSSR count). The highest BCUT2D eigenvalue weighted by molar-refractivity contribution is 5.58. The molecule has 176 valence electrons. The Morgan fingerprint density at radius 1 is 1.15 bits per heavy atom. The Kier molecular flexibility index (Phi) is 7.61. The van der Waals surface area contributed by atoms with E-state index in [0.29, 0.717) is 37.8 Å². The number of H-pyrrole nitrogens is 1. The number of carbonyl (C=O) groups is 1. The highest BCUT2D eigenvalue weighted by Crippen LogP contribution is 2.18. The number of pyridine rings is 1.